The molecule has 0 radical (unpaired) electrons. The minimum Gasteiger partial charge on any atom is -0.443 e. The highest BCUT2D eigenvalue weighted by Gasteiger charge is 2.19. The Bertz CT molecular complexity index is 862. The van der Waals surface area contributed by atoms with E-state index in [2.05, 4.69) is 52.6 Å². The Labute approximate surface area is 182 Å². The first-order valence-electron chi connectivity index (χ1n) is 8.58. The smallest absolute Gasteiger partial charge is 0.243 e. The molecule has 0 unspecified atom stereocenters. The van der Waals surface area contributed by atoms with Gasteiger partial charge in [0.05, 0.1) is 19.3 Å². The van der Waals surface area contributed by atoms with Gasteiger partial charge in [0.25, 0.3) is 0 Å². The molecule has 150 valence electrons. The van der Waals surface area contributed by atoms with Crippen LogP contribution in [0.1, 0.15) is 38.0 Å². The summed E-state index contributed by atoms with van der Waals surface area (Å²) in [5.41, 5.74) is 1.26. The van der Waals surface area contributed by atoms with E-state index < -0.39 is 0 Å². The van der Waals surface area contributed by atoms with Crippen LogP contribution in [0, 0.1) is 12.3 Å². The van der Waals surface area contributed by atoms with Gasteiger partial charge in [0.1, 0.15) is 5.76 Å². The van der Waals surface area contributed by atoms with E-state index >= 15 is 0 Å². The van der Waals surface area contributed by atoms with Gasteiger partial charge in [0, 0.05) is 23.7 Å². The molecule has 0 fully saturated rings. The molecule has 1 aromatic heterocycles. The SMILES string of the molecule is C#Cc1cccc(NC(=O)CNC(=NC)NCc2ncc(C(C)(C)C)o2)c1.I. The number of carbonyl (C=O) groups is 1. The predicted molar refractivity (Wildman–Crippen MR) is 122 cm³/mol. The summed E-state index contributed by atoms with van der Waals surface area (Å²) in [6.45, 7) is 6.59. The molecule has 1 aromatic carbocycles. The van der Waals surface area contributed by atoms with Crippen LogP contribution in [0.5, 0.6) is 0 Å². The van der Waals surface area contributed by atoms with Crippen molar-refractivity contribution >= 4 is 41.5 Å². The number of carbonyl (C=O) groups excluding carboxylic acids is 1. The lowest BCUT2D eigenvalue weighted by atomic mass is 9.94. The number of rotatable bonds is 5. The molecule has 28 heavy (non-hydrogen) atoms. The maximum atomic E-state index is 12.1. The summed E-state index contributed by atoms with van der Waals surface area (Å²) < 4.78 is 5.72. The lowest BCUT2D eigenvalue weighted by Crippen LogP contribution is -2.41. The largest absolute Gasteiger partial charge is 0.443 e. The van der Waals surface area contributed by atoms with E-state index in [-0.39, 0.29) is 41.8 Å². The van der Waals surface area contributed by atoms with Crippen molar-refractivity contribution in [2.45, 2.75) is 32.7 Å². The Kier molecular flexibility index (Phi) is 8.99. The van der Waals surface area contributed by atoms with Gasteiger partial charge in [-0.05, 0) is 18.2 Å². The summed E-state index contributed by atoms with van der Waals surface area (Å²) in [6.07, 6.45) is 7.09. The summed E-state index contributed by atoms with van der Waals surface area (Å²) in [7, 11) is 1.62. The van der Waals surface area contributed by atoms with Gasteiger partial charge in [-0.15, -0.1) is 30.4 Å². The normalized spacial score (nSPS) is 11.2. The molecule has 0 aliphatic rings. The first kappa shape index (κ1) is 23.5. The molecule has 0 spiro atoms. The van der Waals surface area contributed by atoms with Gasteiger partial charge in [0.2, 0.25) is 11.8 Å². The van der Waals surface area contributed by atoms with Crippen molar-refractivity contribution in [2.75, 3.05) is 18.9 Å². The zero-order valence-corrected chi connectivity index (χ0v) is 18.8. The number of hydrogen-bond acceptors (Lipinski definition) is 4. The number of nitrogens with zero attached hydrogens (tertiary/aromatic N) is 2. The third-order valence-electron chi connectivity index (χ3n) is 3.65. The first-order chi connectivity index (χ1) is 12.8. The van der Waals surface area contributed by atoms with E-state index in [4.69, 9.17) is 10.8 Å². The van der Waals surface area contributed by atoms with Crippen molar-refractivity contribution in [3.8, 4) is 12.3 Å². The molecule has 0 aliphatic carbocycles. The Morgan fingerprint density at radius 3 is 2.68 bits per heavy atom. The lowest BCUT2D eigenvalue weighted by molar-refractivity contribution is -0.115. The second-order valence-electron chi connectivity index (χ2n) is 6.92. The van der Waals surface area contributed by atoms with Crippen LogP contribution in [0.3, 0.4) is 0 Å². The number of guanidine groups is 1. The molecular weight excluding hydrogens is 469 g/mol. The fourth-order valence-corrected chi connectivity index (χ4v) is 2.17. The molecule has 8 heteroatoms. The van der Waals surface area contributed by atoms with Crippen molar-refractivity contribution in [3.05, 3.63) is 47.7 Å². The molecule has 0 atom stereocenters. The Morgan fingerprint density at radius 2 is 2.07 bits per heavy atom. The summed E-state index contributed by atoms with van der Waals surface area (Å²) >= 11 is 0. The molecule has 0 bridgehead atoms. The van der Waals surface area contributed by atoms with Crippen LogP contribution in [0.25, 0.3) is 0 Å². The molecule has 1 amide bonds. The lowest BCUT2D eigenvalue weighted by Gasteiger charge is -2.13. The molecule has 2 rings (SSSR count). The predicted octanol–water partition coefficient (Wildman–Crippen LogP) is 2.88. The third kappa shape index (κ3) is 7.23. The van der Waals surface area contributed by atoms with E-state index in [9.17, 15) is 4.79 Å². The number of hydrogen-bond donors (Lipinski definition) is 3. The van der Waals surface area contributed by atoms with Crippen molar-refractivity contribution in [1.82, 2.24) is 15.6 Å². The molecule has 2 aromatic rings. The van der Waals surface area contributed by atoms with E-state index in [1.54, 1.807) is 37.5 Å². The molecule has 0 saturated heterocycles. The zero-order valence-electron chi connectivity index (χ0n) is 16.5. The monoisotopic (exact) mass is 495 g/mol. The van der Waals surface area contributed by atoms with Crippen LogP contribution in [-0.4, -0.2) is 30.4 Å². The molecule has 1 heterocycles. The summed E-state index contributed by atoms with van der Waals surface area (Å²) in [6, 6.07) is 7.11. The van der Waals surface area contributed by atoms with Crippen molar-refractivity contribution in [1.29, 1.82) is 0 Å². The molecule has 0 saturated carbocycles. The maximum absolute atomic E-state index is 12.1. The molecular formula is C20H26IN5O2. The van der Waals surface area contributed by atoms with Crippen LogP contribution in [0.2, 0.25) is 0 Å². The maximum Gasteiger partial charge on any atom is 0.243 e. The summed E-state index contributed by atoms with van der Waals surface area (Å²) in [5.74, 6) is 4.16. The quantitative estimate of drug-likeness (QED) is 0.257. The number of aliphatic imine (C=N–C) groups is 1. The van der Waals surface area contributed by atoms with E-state index in [1.165, 1.54) is 0 Å². The fraction of sp³-hybridized carbons (Fsp3) is 0.350. The second-order valence-corrected chi connectivity index (χ2v) is 6.92. The number of halogens is 1. The first-order valence-corrected chi connectivity index (χ1v) is 8.58. The Hall–Kier alpha value is -2.54. The van der Waals surface area contributed by atoms with Gasteiger partial charge in [-0.2, -0.15) is 0 Å². The minimum atomic E-state index is -0.210. The van der Waals surface area contributed by atoms with E-state index in [0.717, 1.165) is 5.76 Å². The van der Waals surface area contributed by atoms with Crippen molar-refractivity contribution in [2.24, 2.45) is 4.99 Å². The van der Waals surface area contributed by atoms with Crippen molar-refractivity contribution in [3.63, 3.8) is 0 Å². The van der Waals surface area contributed by atoms with E-state index in [0.29, 0.717) is 29.6 Å². The van der Waals surface area contributed by atoms with Crippen LogP contribution in [0.4, 0.5) is 5.69 Å². The number of oxazole rings is 1. The highest BCUT2D eigenvalue weighted by molar-refractivity contribution is 14.0. The second kappa shape index (κ2) is 10.7. The number of anilines is 1. The van der Waals surface area contributed by atoms with Gasteiger partial charge in [-0.1, -0.05) is 32.8 Å². The standard InChI is InChI=1S/C20H25N5O2.HI/c1-6-14-8-7-9-15(10-14)25-17(26)12-23-19(21-5)24-13-18-22-11-16(27-18)20(2,3)4;/h1,7-11H,12-13H2,2-5H3,(H,25,26)(H2,21,23,24);1H. The number of nitrogens with one attached hydrogen (secondary N) is 3. The Morgan fingerprint density at radius 1 is 1.32 bits per heavy atom. The number of terminal acetylenes is 1. The van der Waals surface area contributed by atoms with Gasteiger partial charge in [0.15, 0.2) is 5.96 Å². The average Bonchev–Trinajstić information content (AvgIpc) is 3.11. The number of aromatic nitrogens is 1. The highest BCUT2D eigenvalue weighted by atomic mass is 127. The summed E-state index contributed by atoms with van der Waals surface area (Å²) in [5, 5.41) is 8.79. The fourth-order valence-electron chi connectivity index (χ4n) is 2.17. The number of benzene rings is 1. The molecule has 3 N–H and O–H groups in total. The van der Waals surface area contributed by atoms with Crippen LogP contribution in [0.15, 0.2) is 39.9 Å². The highest BCUT2D eigenvalue weighted by Crippen LogP contribution is 2.22. The zero-order chi connectivity index (χ0) is 19.9. The van der Waals surface area contributed by atoms with Crippen LogP contribution >= 0.6 is 24.0 Å². The van der Waals surface area contributed by atoms with Gasteiger partial charge < -0.3 is 20.4 Å². The Balaban J connectivity index is 0.00000392. The van der Waals surface area contributed by atoms with Gasteiger partial charge >= 0.3 is 0 Å². The van der Waals surface area contributed by atoms with Crippen LogP contribution in [-0.2, 0) is 16.8 Å². The summed E-state index contributed by atoms with van der Waals surface area (Å²) in [4.78, 5) is 20.4. The van der Waals surface area contributed by atoms with Crippen molar-refractivity contribution < 1.29 is 9.21 Å². The molecule has 0 aliphatic heterocycles. The van der Waals surface area contributed by atoms with E-state index in [1.807, 2.05) is 0 Å². The van der Waals surface area contributed by atoms with Gasteiger partial charge in [-0.25, -0.2) is 4.98 Å². The topological polar surface area (TPSA) is 91.5 Å². The molecule has 7 nitrogen and oxygen atoms in total. The minimum absolute atomic E-state index is 0. The van der Waals surface area contributed by atoms with Crippen LogP contribution < -0.4 is 16.0 Å². The van der Waals surface area contributed by atoms with Gasteiger partial charge in [-0.3, -0.25) is 9.79 Å². The third-order valence-corrected chi connectivity index (χ3v) is 3.65. The average molecular weight is 495 g/mol. The number of amides is 1.